The number of methoxy groups -OCH3 is 1. The van der Waals surface area contributed by atoms with Crippen LogP contribution in [0.3, 0.4) is 0 Å². The van der Waals surface area contributed by atoms with Gasteiger partial charge in [-0.05, 0) is 37.1 Å². The van der Waals surface area contributed by atoms with E-state index in [-0.39, 0.29) is 0 Å². The molecule has 1 N–H and O–H groups in total. The third kappa shape index (κ3) is 2.20. The van der Waals surface area contributed by atoms with Gasteiger partial charge in [-0.1, -0.05) is 6.07 Å². The van der Waals surface area contributed by atoms with Crippen molar-refractivity contribution < 1.29 is 4.74 Å². The molecule has 2 atom stereocenters. The van der Waals surface area contributed by atoms with E-state index in [1.54, 1.807) is 18.4 Å². The van der Waals surface area contributed by atoms with Crippen LogP contribution < -0.4 is 5.32 Å². The van der Waals surface area contributed by atoms with Gasteiger partial charge < -0.3 is 10.1 Å². The van der Waals surface area contributed by atoms with Gasteiger partial charge in [0.25, 0.3) is 0 Å². The van der Waals surface area contributed by atoms with Crippen LogP contribution in [0.5, 0.6) is 0 Å². The van der Waals surface area contributed by atoms with Crippen LogP contribution in [0.15, 0.2) is 23.7 Å². The number of nitrogens with one attached hydrogen (secondary N) is 1. The predicted molar refractivity (Wildman–Crippen MR) is 70.4 cm³/mol. The van der Waals surface area contributed by atoms with Crippen molar-refractivity contribution in [2.45, 2.75) is 25.0 Å². The summed E-state index contributed by atoms with van der Waals surface area (Å²) in [4.78, 5) is 4.37. The molecular weight excluding hydrogens is 232 g/mol. The van der Waals surface area contributed by atoms with Crippen LogP contribution >= 0.6 is 11.3 Å². The molecule has 1 aromatic heterocycles. The summed E-state index contributed by atoms with van der Waals surface area (Å²) in [6, 6.07) is 6.97. The average molecular weight is 248 g/mol. The molecule has 1 aliphatic rings. The Morgan fingerprint density at radius 3 is 3.29 bits per heavy atom. The summed E-state index contributed by atoms with van der Waals surface area (Å²) in [5.74, 6) is 0. The Hall–Kier alpha value is -0.970. The maximum atomic E-state index is 5.46. The Morgan fingerprint density at radius 1 is 1.47 bits per heavy atom. The standard InChI is InChI=1S/C13H16N2OS/c1-16-10-4-5-14-11(7-10)9-2-3-13-12(6-9)15-8-17-13/h2-3,6,8,10-11,14H,4-5,7H2,1H3/t10?,11-/m0/s1. The number of hydrogen-bond donors (Lipinski definition) is 1. The third-order valence-corrected chi connectivity index (χ3v) is 4.26. The predicted octanol–water partition coefficient (Wildman–Crippen LogP) is 2.74. The first-order valence-electron chi connectivity index (χ1n) is 5.96. The molecule has 0 bridgehead atoms. The lowest BCUT2D eigenvalue weighted by atomic mass is 9.95. The van der Waals surface area contributed by atoms with E-state index < -0.39 is 0 Å². The Bertz CT molecular complexity index is 511. The van der Waals surface area contributed by atoms with Crippen LogP contribution in [0.1, 0.15) is 24.4 Å². The number of piperidine rings is 1. The van der Waals surface area contributed by atoms with Crippen molar-refractivity contribution in [3.63, 3.8) is 0 Å². The summed E-state index contributed by atoms with van der Waals surface area (Å²) in [6.07, 6.45) is 2.53. The molecule has 4 heteroatoms. The van der Waals surface area contributed by atoms with Gasteiger partial charge >= 0.3 is 0 Å². The van der Waals surface area contributed by atoms with Crippen molar-refractivity contribution in [1.82, 2.24) is 10.3 Å². The number of nitrogens with zero attached hydrogens (tertiary/aromatic N) is 1. The second kappa shape index (κ2) is 4.72. The number of benzene rings is 1. The average Bonchev–Trinajstić information content (AvgIpc) is 2.86. The Labute approximate surface area is 105 Å². The summed E-state index contributed by atoms with van der Waals surface area (Å²) < 4.78 is 6.72. The molecule has 1 unspecified atom stereocenters. The minimum absolute atomic E-state index is 0.382. The molecule has 2 aromatic rings. The van der Waals surface area contributed by atoms with E-state index >= 15 is 0 Å². The molecule has 1 saturated heterocycles. The van der Waals surface area contributed by atoms with Crippen LogP contribution in [0.2, 0.25) is 0 Å². The van der Waals surface area contributed by atoms with E-state index in [1.165, 1.54) is 10.3 Å². The van der Waals surface area contributed by atoms with Crippen LogP contribution in [-0.4, -0.2) is 24.7 Å². The van der Waals surface area contributed by atoms with Gasteiger partial charge in [-0.25, -0.2) is 4.98 Å². The van der Waals surface area contributed by atoms with E-state index in [4.69, 9.17) is 4.74 Å². The molecule has 3 rings (SSSR count). The van der Waals surface area contributed by atoms with Crippen molar-refractivity contribution >= 4 is 21.6 Å². The lowest BCUT2D eigenvalue weighted by Crippen LogP contribution is -2.35. The molecule has 2 heterocycles. The highest BCUT2D eigenvalue weighted by Gasteiger charge is 2.22. The summed E-state index contributed by atoms with van der Waals surface area (Å²) in [5.41, 5.74) is 4.33. The van der Waals surface area contributed by atoms with Gasteiger partial charge in [0, 0.05) is 13.2 Å². The van der Waals surface area contributed by atoms with Crippen molar-refractivity contribution in [2.75, 3.05) is 13.7 Å². The fourth-order valence-corrected chi connectivity index (χ4v) is 3.10. The van der Waals surface area contributed by atoms with E-state index in [0.29, 0.717) is 12.1 Å². The summed E-state index contributed by atoms with van der Waals surface area (Å²) in [7, 11) is 1.80. The van der Waals surface area contributed by atoms with Crippen LogP contribution in [0, 0.1) is 0 Å². The number of fused-ring (bicyclic) bond motifs is 1. The molecule has 0 spiro atoms. The van der Waals surface area contributed by atoms with Gasteiger partial charge in [-0.3, -0.25) is 0 Å². The third-order valence-electron chi connectivity index (χ3n) is 3.45. The largest absolute Gasteiger partial charge is 0.381 e. The molecule has 1 aromatic carbocycles. The van der Waals surface area contributed by atoms with Gasteiger partial charge in [0.2, 0.25) is 0 Å². The normalized spacial score (nSPS) is 25.2. The first-order valence-corrected chi connectivity index (χ1v) is 6.84. The van der Waals surface area contributed by atoms with Crippen molar-refractivity contribution in [3.8, 4) is 0 Å². The molecule has 1 aliphatic heterocycles. The van der Waals surface area contributed by atoms with E-state index in [9.17, 15) is 0 Å². The smallest absolute Gasteiger partial charge is 0.0815 e. The van der Waals surface area contributed by atoms with E-state index in [2.05, 4.69) is 28.5 Å². The van der Waals surface area contributed by atoms with Gasteiger partial charge in [0.15, 0.2) is 0 Å². The van der Waals surface area contributed by atoms with Crippen molar-refractivity contribution in [1.29, 1.82) is 0 Å². The zero-order valence-corrected chi connectivity index (χ0v) is 10.7. The first-order chi connectivity index (χ1) is 8.36. The summed E-state index contributed by atoms with van der Waals surface area (Å²) in [6.45, 7) is 1.03. The Balaban J connectivity index is 1.86. The molecule has 17 heavy (non-hydrogen) atoms. The molecule has 0 aliphatic carbocycles. The minimum atomic E-state index is 0.382. The monoisotopic (exact) mass is 248 g/mol. The molecular formula is C13H16N2OS. The fraction of sp³-hybridized carbons (Fsp3) is 0.462. The minimum Gasteiger partial charge on any atom is -0.381 e. The highest BCUT2D eigenvalue weighted by atomic mass is 32.1. The zero-order chi connectivity index (χ0) is 11.7. The number of rotatable bonds is 2. The van der Waals surface area contributed by atoms with Crippen LogP contribution in [-0.2, 0) is 4.74 Å². The van der Waals surface area contributed by atoms with Gasteiger partial charge in [-0.15, -0.1) is 11.3 Å². The maximum Gasteiger partial charge on any atom is 0.0815 e. The van der Waals surface area contributed by atoms with Gasteiger partial charge in [0.05, 0.1) is 21.8 Å². The molecule has 0 amide bonds. The molecule has 0 saturated carbocycles. The fourth-order valence-electron chi connectivity index (χ4n) is 2.44. The molecule has 3 nitrogen and oxygen atoms in total. The van der Waals surface area contributed by atoms with Gasteiger partial charge in [-0.2, -0.15) is 0 Å². The van der Waals surface area contributed by atoms with E-state index in [0.717, 1.165) is 24.9 Å². The number of hydrogen-bond acceptors (Lipinski definition) is 4. The molecule has 90 valence electrons. The lowest BCUT2D eigenvalue weighted by Gasteiger charge is -2.29. The Kier molecular flexibility index (Phi) is 3.09. The zero-order valence-electron chi connectivity index (χ0n) is 9.85. The SMILES string of the molecule is COC1CCN[C@H](c2ccc3scnc3c2)C1. The second-order valence-corrected chi connectivity index (χ2v) is 5.35. The number of thiazole rings is 1. The highest BCUT2D eigenvalue weighted by molar-refractivity contribution is 7.16. The number of aromatic nitrogens is 1. The highest BCUT2D eigenvalue weighted by Crippen LogP contribution is 2.28. The summed E-state index contributed by atoms with van der Waals surface area (Å²) >= 11 is 1.69. The first kappa shape index (κ1) is 11.1. The van der Waals surface area contributed by atoms with Crippen LogP contribution in [0.25, 0.3) is 10.2 Å². The molecule has 0 radical (unpaired) electrons. The topological polar surface area (TPSA) is 34.1 Å². The van der Waals surface area contributed by atoms with E-state index in [1.807, 2.05) is 5.51 Å². The van der Waals surface area contributed by atoms with Crippen LogP contribution in [0.4, 0.5) is 0 Å². The number of ether oxygens (including phenoxy) is 1. The lowest BCUT2D eigenvalue weighted by molar-refractivity contribution is 0.0619. The quantitative estimate of drug-likeness (QED) is 0.887. The summed E-state index contributed by atoms with van der Waals surface area (Å²) in [5, 5.41) is 3.55. The van der Waals surface area contributed by atoms with Gasteiger partial charge in [0.1, 0.15) is 0 Å². The second-order valence-electron chi connectivity index (χ2n) is 4.47. The van der Waals surface area contributed by atoms with Crippen molar-refractivity contribution in [2.24, 2.45) is 0 Å². The van der Waals surface area contributed by atoms with Crippen molar-refractivity contribution in [3.05, 3.63) is 29.3 Å². The molecule has 1 fully saturated rings. The Morgan fingerprint density at radius 2 is 2.41 bits per heavy atom. The maximum absolute atomic E-state index is 5.46.